The Hall–Kier alpha value is -1.10. The van der Waals surface area contributed by atoms with Crippen molar-refractivity contribution in [3.05, 3.63) is 22.4 Å². The van der Waals surface area contributed by atoms with E-state index in [1.54, 1.807) is 0 Å². The highest BCUT2D eigenvalue weighted by Crippen LogP contribution is 2.19. The molecule has 0 amide bonds. The predicted molar refractivity (Wildman–Crippen MR) is 44.9 cm³/mol. The average Bonchev–Trinajstić information content (AvgIpc) is 1.96. The number of carbonyl (C=O) groups is 1. The van der Waals surface area contributed by atoms with E-state index in [1.807, 2.05) is 0 Å². The summed E-state index contributed by atoms with van der Waals surface area (Å²) in [6.07, 6.45) is 1.01. The number of aromatic nitrogens is 1. The lowest BCUT2D eigenvalue weighted by Gasteiger charge is -2.00. The summed E-state index contributed by atoms with van der Waals surface area (Å²) < 4.78 is 0.511. The van der Waals surface area contributed by atoms with Crippen molar-refractivity contribution in [3.8, 4) is 5.75 Å². The zero-order chi connectivity index (χ0) is 9.14. The third-order valence-electron chi connectivity index (χ3n) is 1.27. The first-order valence-corrected chi connectivity index (χ1v) is 3.94. The molecule has 64 valence electrons. The molecule has 0 unspecified atom stereocenters. The number of nitrogens with zero attached hydrogens (tertiary/aromatic N) is 1. The SMILES string of the molecule is O=C(O)Cc1cc(Br)ncc1O. The van der Waals surface area contributed by atoms with Crippen LogP contribution in [0.15, 0.2) is 16.9 Å². The molecule has 0 aliphatic heterocycles. The maximum atomic E-state index is 10.3. The van der Waals surface area contributed by atoms with Gasteiger partial charge < -0.3 is 10.2 Å². The molecule has 1 aromatic rings. The molecule has 5 heteroatoms. The van der Waals surface area contributed by atoms with Crippen LogP contribution in [0.25, 0.3) is 0 Å². The number of hydrogen-bond acceptors (Lipinski definition) is 3. The van der Waals surface area contributed by atoms with Crippen molar-refractivity contribution in [2.45, 2.75) is 6.42 Å². The van der Waals surface area contributed by atoms with Crippen molar-refractivity contribution in [1.82, 2.24) is 4.98 Å². The Bertz CT molecular complexity index is 314. The molecule has 0 aliphatic rings. The number of aromatic hydroxyl groups is 1. The van der Waals surface area contributed by atoms with Crippen molar-refractivity contribution in [2.75, 3.05) is 0 Å². The van der Waals surface area contributed by atoms with Crippen molar-refractivity contribution < 1.29 is 15.0 Å². The molecule has 0 fully saturated rings. The Morgan fingerprint density at radius 2 is 2.33 bits per heavy atom. The zero-order valence-electron chi connectivity index (χ0n) is 5.99. The topological polar surface area (TPSA) is 70.4 Å². The fraction of sp³-hybridized carbons (Fsp3) is 0.143. The molecule has 4 nitrogen and oxygen atoms in total. The third kappa shape index (κ3) is 2.20. The third-order valence-corrected chi connectivity index (χ3v) is 1.71. The van der Waals surface area contributed by atoms with Crippen LogP contribution in [-0.2, 0) is 11.2 Å². The minimum Gasteiger partial charge on any atom is -0.506 e. The largest absolute Gasteiger partial charge is 0.506 e. The van der Waals surface area contributed by atoms with Gasteiger partial charge in [0.1, 0.15) is 10.4 Å². The number of carboxylic acids is 1. The van der Waals surface area contributed by atoms with Crippen molar-refractivity contribution in [3.63, 3.8) is 0 Å². The van der Waals surface area contributed by atoms with Gasteiger partial charge >= 0.3 is 5.97 Å². The van der Waals surface area contributed by atoms with Gasteiger partial charge in [-0.25, -0.2) is 4.98 Å². The summed E-state index contributed by atoms with van der Waals surface area (Å²) in [6.45, 7) is 0. The van der Waals surface area contributed by atoms with Crippen molar-refractivity contribution in [1.29, 1.82) is 0 Å². The molecular weight excluding hydrogens is 226 g/mol. The number of halogens is 1. The van der Waals surface area contributed by atoms with Crippen LogP contribution in [0.5, 0.6) is 5.75 Å². The summed E-state index contributed by atoms with van der Waals surface area (Å²) in [6, 6.07) is 1.48. The second-order valence-corrected chi connectivity index (χ2v) is 3.02. The summed E-state index contributed by atoms with van der Waals surface area (Å²) >= 11 is 3.07. The molecular formula is C7H6BrNO3. The highest BCUT2D eigenvalue weighted by molar-refractivity contribution is 9.10. The molecule has 0 aromatic carbocycles. The molecule has 0 radical (unpaired) electrons. The van der Waals surface area contributed by atoms with Gasteiger partial charge in [0.05, 0.1) is 12.6 Å². The van der Waals surface area contributed by atoms with Gasteiger partial charge in [-0.2, -0.15) is 0 Å². The maximum absolute atomic E-state index is 10.3. The number of hydrogen-bond donors (Lipinski definition) is 2. The minimum absolute atomic E-state index is 0.0967. The van der Waals surface area contributed by atoms with E-state index in [0.717, 1.165) is 0 Å². The van der Waals surface area contributed by atoms with E-state index in [2.05, 4.69) is 20.9 Å². The summed E-state index contributed by atoms with van der Waals surface area (Å²) in [7, 11) is 0. The molecule has 0 bridgehead atoms. The van der Waals surface area contributed by atoms with E-state index in [-0.39, 0.29) is 12.2 Å². The lowest BCUT2D eigenvalue weighted by Crippen LogP contribution is -2.00. The monoisotopic (exact) mass is 231 g/mol. The molecule has 1 rings (SSSR count). The number of rotatable bonds is 2. The van der Waals surface area contributed by atoms with Gasteiger partial charge in [-0.15, -0.1) is 0 Å². The highest BCUT2D eigenvalue weighted by Gasteiger charge is 2.06. The molecule has 0 spiro atoms. The first-order chi connectivity index (χ1) is 5.59. The Labute approximate surface area is 77.0 Å². The van der Waals surface area contributed by atoms with E-state index in [4.69, 9.17) is 10.2 Å². The predicted octanol–water partition coefficient (Wildman–Crippen LogP) is 1.18. The summed E-state index contributed by atoms with van der Waals surface area (Å²) in [5.74, 6) is -1.08. The summed E-state index contributed by atoms with van der Waals surface area (Å²) in [5.41, 5.74) is 0.351. The number of aliphatic carboxylic acids is 1. The van der Waals surface area contributed by atoms with Crippen LogP contribution in [-0.4, -0.2) is 21.2 Å². The zero-order valence-corrected chi connectivity index (χ0v) is 7.58. The molecule has 1 heterocycles. The number of carboxylic acid groups (broad SMARTS) is 1. The smallest absolute Gasteiger partial charge is 0.307 e. The van der Waals surface area contributed by atoms with Crippen LogP contribution in [0.2, 0.25) is 0 Å². The fourth-order valence-electron chi connectivity index (χ4n) is 0.765. The number of pyridine rings is 1. The Morgan fingerprint density at radius 3 is 2.92 bits per heavy atom. The molecule has 12 heavy (non-hydrogen) atoms. The minimum atomic E-state index is -0.983. The fourth-order valence-corrected chi connectivity index (χ4v) is 1.14. The molecule has 0 saturated carbocycles. The second-order valence-electron chi connectivity index (χ2n) is 2.21. The van der Waals surface area contributed by atoms with Crippen molar-refractivity contribution >= 4 is 21.9 Å². The van der Waals surface area contributed by atoms with Crippen molar-refractivity contribution in [2.24, 2.45) is 0 Å². The first-order valence-electron chi connectivity index (χ1n) is 3.15. The van der Waals surface area contributed by atoms with E-state index in [9.17, 15) is 4.79 Å². The van der Waals surface area contributed by atoms with Gasteiger partial charge in [0.25, 0.3) is 0 Å². The van der Waals surface area contributed by atoms with Crippen LogP contribution in [0.3, 0.4) is 0 Å². The Balaban J connectivity index is 2.97. The van der Waals surface area contributed by atoms with Gasteiger partial charge in [-0.1, -0.05) is 0 Å². The molecule has 2 N–H and O–H groups in total. The van der Waals surface area contributed by atoms with E-state index < -0.39 is 5.97 Å². The van der Waals surface area contributed by atoms with Gasteiger partial charge in [0.2, 0.25) is 0 Å². The summed E-state index contributed by atoms with van der Waals surface area (Å²) in [5, 5.41) is 17.6. The van der Waals surface area contributed by atoms with Crippen LogP contribution in [0, 0.1) is 0 Å². The van der Waals surface area contributed by atoms with Crippen LogP contribution in [0.1, 0.15) is 5.56 Å². The molecule has 0 atom stereocenters. The lowest BCUT2D eigenvalue weighted by molar-refractivity contribution is -0.136. The van der Waals surface area contributed by atoms with Crippen LogP contribution < -0.4 is 0 Å². The Kier molecular flexibility index (Phi) is 2.65. The van der Waals surface area contributed by atoms with E-state index in [1.165, 1.54) is 12.3 Å². The van der Waals surface area contributed by atoms with Crippen LogP contribution in [0.4, 0.5) is 0 Å². The highest BCUT2D eigenvalue weighted by atomic mass is 79.9. The lowest BCUT2D eigenvalue weighted by atomic mass is 10.2. The molecule has 1 aromatic heterocycles. The average molecular weight is 232 g/mol. The van der Waals surface area contributed by atoms with Gasteiger partial charge in [0.15, 0.2) is 0 Å². The van der Waals surface area contributed by atoms with E-state index >= 15 is 0 Å². The van der Waals surface area contributed by atoms with Gasteiger partial charge in [-0.05, 0) is 22.0 Å². The first kappa shape index (κ1) is 8.99. The Morgan fingerprint density at radius 1 is 1.67 bits per heavy atom. The second kappa shape index (κ2) is 3.53. The summed E-state index contributed by atoms with van der Waals surface area (Å²) in [4.78, 5) is 14.0. The normalized spacial score (nSPS) is 9.75. The quantitative estimate of drug-likeness (QED) is 0.751. The molecule has 0 saturated heterocycles. The molecule has 0 aliphatic carbocycles. The van der Waals surface area contributed by atoms with Gasteiger partial charge in [0, 0.05) is 5.56 Å². The maximum Gasteiger partial charge on any atom is 0.307 e. The van der Waals surface area contributed by atoms with Gasteiger partial charge in [-0.3, -0.25) is 4.79 Å². The van der Waals surface area contributed by atoms with E-state index in [0.29, 0.717) is 10.2 Å². The standard InChI is InChI=1S/C7H6BrNO3/c8-6-1-4(2-7(11)12)5(10)3-9-6/h1,3,10H,2H2,(H,11,12). The van der Waals surface area contributed by atoms with Crippen LogP contribution >= 0.6 is 15.9 Å².